The maximum atomic E-state index is 11.4. The summed E-state index contributed by atoms with van der Waals surface area (Å²) in [6, 6.07) is 11.1. The Bertz CT molecular complexity index is 955. The first kappa shape index (κ1) is 16.3. The average molecular weight is 339 g/mol. The Kier molecular flexibility index (Phi) is 4.18. The molecule has 0 radical (unpaired) electrons. The van der Waals surface area contributed by atoms with Gasteiger partial charge in [0.05, 0.1) is 5.75 Å². The summed E-state index contributed by atoms with van der Waals surface area (Å²) in [5.74, 6) is 3.19. The minimum absolute atomic E-state index is 0.218. The summed E-state index contributed by atoms with van der Waals surface area (Å²) >= 11 is 0. The number of nitrogens with two attached hydrogens (primary N) is 1. The molecule has 122 valence electrons. The Balaban J connectivity index is 2.20. The van der Waals surface area contributed by atoms with E-state index >= 15 is 0 Å². The molecule has 3 rings (SSSR count). The monoisotopic (exact) mass is 339 g/mol. The van der Waals surface area contributed by atoms with Crippen molar-refractivity contribution in [3.05, 3.63) is 65.7 Å². The van der Waals surface area contributed by atoms with Crippen molar-refractivity contribution in [1.29, 1.82) is 0 Å². The van der Waals surface area contributed by atoms with Crippen molar-refractivity contribution in [2.45, 2.75) is 18.3 Å². The summed E-state index contributed by atoms with van der Waals surface area (Å²) in [6.45, 7) is 3.77. The number of hydrogen-bond donors (Lipinski definition) is 1. The lowest BCUT2D eigenvalue weighted by Crippen LogP contribution is -2.17. The lowest BCUT2D eigenvalue weighted by molar-refractivity contribution is 0.206. The molecule has 24 heavy (non-hydrogen) atoms. The highest BCUT2D eigenvalue weighted by atomic mass is 32.2. The second kappa shape index (κ2) is 6.16. The van der Waals surface area contributed by atoms with Gasteiger partial charge in [-0.1, -0.05) is 36.3 Å². The number of fused-ring (bicyclic) bond motifs is 3. The molecule has 0 bridgehead atoms. The highest BCUT2D eigenvalue weighted by Gasteiger charge is 2.27. The van der Waals surface area contributed by atoms with Crippen molar-refractivity contribution in [3.8, 4) is 29.2 Å². The van der Waals surface area contributed by atoms with E-state index in [0.29, 0.717) is 12.0 Å². The normalized spacial score (nSPS) is 15.6. The summed E-state index contributed by atoms with van der Waals surface area (Å²) in [4.78, 5) is 0. The van der Waals surface area contributed by atoms with E-state index in [9.17, 15) is 8.42 Å². The standard InChI is InChI=1S/C19H17NO3S/c1-3-6-17-16-11-13(12-24(20,21)22)9-10-15(16)19-14(4-2)7-5-8-18(19)23-17/h2-3,5,7-11,17H,1,6,12H2,(H2,20,21,22). The fourth-order valence-electron chi connectivity index (χ4n) is 3.00. The Hall–Kier alpha value is -2.55. The topological polar surface area (TPSA) is 69.4 Å². The molecule has 5 heteroatoms. The van der Waals surface area contributed by atoms with Crippen molar-refractivity contribution in [2.24, 2.45) is 5.14 Å². The fourth-order valence-corrected chi connectivity index (χ4v) is 3.64. The maximum absolute atomic E-state index is 11.4. The van der Waals surface area contributed by atoms with E-state index in [4.69, 9.17) is 16.3 Å². The molecule has 1 atom stereocenters. The first-order valence-electron chi connectivity index (χ1n) is 7.44. The Morgan fingerprint density at radius 3 is 2.79 bits per heavy atom. The SMILES string of the molecule is C#Cc1cccc2c1-c1ccc(CS(N)(=O)=O)cc1C(CC=C)O2. The zero-order chi connectivity index (χ0) is 17.3. The van der Waals surface area contributed by atoms with E-state index in [1.807, 2.05) is 30.3 Å². The number of hydrogen-bond acceptors (Lipinski definition) is 3. The average Bonchev–Trinajstić information content (AvgIpc) is 2.53. The molecular weight excluding hydrogens is 322 g/mol. The Morgan fingerprint density at radius 2 is 2.12 bits per heavy atom. The van der Waals surface area contributed by atoms with E-state index in [0.717, 1.165) is 28.0 Å². The second-order valence-electron chi connectivity index (χ2n) is 5.68. The molecule has 1 aliphatic rings. The smallest absolute Gasteiger partial charge is 0.213 e. The summed E-state index contributed by atoms with van der Waals surface area (Å²) in [7, 11) is -3.60. The van der Waals surface area contributed by atoms with Crippen LogP contribution in [0.1, 0.15) is 29.2 Å². The first-order chi connectivity index (χ1) is 11.4. The van der Waals surface area contributed by atoms with E-state index in [-0.39, 0.29) is 11.9 Å². The molecule has 1 heterocycles. The molecule has 2 aromatic carbocycles. The molecule has 2 N–H and O–H groups in total. The van der Waals surface area contributed by atoms with Crippen molar-refractivity contribution in [1.82, 2.24) is 0 Å². The highest BCUT2D eigenvalue weighted by molar-refractivity contribution is 7.88. The molecule has 1 unspecified atom stereocenters. The van der Waals surface area contributed by atoms with Gasteiger partial charge in [-0.05, 0) is 23.3 Å². The lowest BCUT2D eigenvalue weighted by Gasteiger charge is -2.29. The largest absolute Gasteiger partial charge is 0.485 e. The molecule has 2 aromatic rings. The zero-order valence-electron chi connectivity index (χ0n) is 13.0. The summed E-state index contributed by atoms with van der Waals surface area (Å²) in [6.07, 6.45) is 7.76. The second-order valence-corrected chi connectivity index (χ2v) is 7.30. The minimum Gasteiger partial charge on any atom is -0.485 e. The van der Waals surface area contributed by atoms with Crippen LogP contribution >= 0.6 is 0 Å². The van der Waals surface area contributed by atoms with Crippen molar-refractivity contribution in [2.75, 3.05) is 0 Å². The number of rotatable bonds is 4. The van der Waals surface area contributed by atoms with Crippen molar-refractivity contribution in [3.63, 3.8) is 0 Å². The summed E-state index contributed by atoms with van der Waals surface area (Å²) < 4.78 is 28.8. The van der Waals surface area contributed by atoms with Crippen LogP contribution in [0.25, 0.3) is 11.1 Å². The quantitative estimate of drug-likeness (QED) is 0.687. The third-order valence-electron chi connectivity index (χ3n) is 3.93. The zero-order valence-corrected chi connectivity index (χ0v) is 13.8. The predicted octanol–water partition coefficient (Wildman–Crippen LogP) is 3.13. The third-order valence-corrected chi connectivity index (χ3v) is 4.67. The predicted molar refractivity (Wildman–Crippen MR) is 94.8 cm³/mol. The Morgan fingerprint density at radius 1 is 1.33 bits per heavy atom. The lowest BCUT2D eigenvalue weighted by atomic mass is 9.88. The van der Waals surface area contributed by atoms with E-state index in [2.05, 4.69) is 12.5 Å². The number of ether oxygens (including phenoxy) is 1. The van der Waals surface area contributed by atoms with Crippen LogP contribution in [0.15, 0.2) is 49.1 Å². The van der Waals surface area contributed by atoms with Gasteiger partial charge in [0.15, 0.2) is 0 Å². The first-order valence-corrected chi connectivity index (χ1v) is 9.15. The van der Waals surface area contributed by atoms with Crippen LogP contribution < -0.4 is 9.88 Å². The third kappa shape index (κ3) is 3.07. The van der Waals surface area contributed by atoms with Gasteiger partial charge in [0.1, 0.15) is 11.9 Å². The van der Waals surface area contributed by atoms with Gasteiger partial charge in [-0.2, -0.15) is 0 Å². The fraction of sp³-hybridized carbons (Fsp3) is 0.158. The molecule has 0 fully saturated rings. The molecule has 4 nitrogen and oxygen atoms in total. The van der Waals surface area contributed by atoms with E-state index in [1.165, 1.54) is 0 Å². The van der Waals surface area contributed by atoms with Crippen LogP contribution in [0.3, 0.4) is 0 Å². The van der Waals surface area contributed by atoms with E-state index < -0.39 is 10.0 Å². The molecule has 0 spiro atoms. The van der Waals surface area contributed by atoms with Gasteiger partial charge in [0.2, 0.25) is 10.0 Å². The molecule has 0 saturated carbocycles. The molecule has 0 aliphatic carbocycles. The molecule has 0 amide bonds. The van der Waals surface area contributed by atoms with Crippen LogP contribution in [0.5, 0.6) is 5.75 Å². The van der Waals surface area contributed by atoms with Crippen molar-refractivity contribution >= 4 is 10.0 Å². The van der Waals surface area contributed by atoms with Gasteiger partial charge in [0, 0.05) is 23.1 Å². The van der Waals surface area contributed by atoms with Gasteiger partial charge >= 0.3 is 0 Å². The molecule has 1 aliphatic heterocycles. The number of terminal acetylenes is 1. The van der Waals surface area contributed by atoms with Gasteiger partial charge in [-0.15, -0.1) is 13.0 Å². The summed E-state index contributed by atoms with van der Waals surface area (Å²) in [5.41, 5.74) is 4.07. The van der Waals surface area contributed by atoms with Gasteiger partial charge in [-0.25, -0.2) is 13.6 Å². The molecule has 0 aromatic heterocycles. The number of benzene rings is 2. The van der Waals surface area contributed by atoms with Gasteiger partial charge in [0.25, 0.3) is 0 Å². The number of sulfonamides is 1. The molecular formula is C19H17NO3S. The van der Waals surface area contributed by atoms with Crippen molar-refractivity contribution < 1.29 is 13.2 Å². The van der Waals surface area contributed by atoms with Gasteiger partial charge in [-0.3, -0.25) is 0 Å². The highest BCUT2D eigenvalue weighted by Crippen LogP contribution is 2.45. The van der Waals surface area contributed by atoms with Gasteiger partial charge < -0.3 is 4.74 Å². The maximum Gasteiger partial charge on any atom is 0.213 e. The van der Waals surface area contributed by atoms with Crippen LogP contribution in [0.2, 0.25) is 0 Å². The Labute approximate surface area is 142 Å². The minimum atomic E-state index is -3.60. The summed E-state index contributed by atoms with van der Waals surface area (Å²) in [5, 5.41) is 5.16. The number of primary sulfonamides is 1. The van der Waals surface area contributed by atoms with Crippen LogP contribution in [-0.2, 0) is 15.8 Å². The van der Waals surface area contributed by atoms with Crippen LogP contribution in [0.4, 0.5) is 0 Å². The molecule has 0 saturated heterocycles. The van der Waals surface area contributed by atoms with Crippen LogP contribution in [0, 0.1) is 12.3 Å². The van der Waals surface area contributed by atoms with Crippen LogP contribution in [-0.4, -0.2) is 8.42 Å². The van der Waals surface area contributed by atoms with E-state index in [1.54, 1.807) is 12.1 Å².